The Kier molecular flexibility index (Phi) is 9.12. The Balaban J connectivity index is 0.00000225. The van der Waals surface area contributed by atoms with Crippen LogP contribution >= 0.6 is 12.4 Å². The fourth-order valence-electron chi connectivity index (χ4n) is 1.86. The van der Waals surface area contributed by atoms with E-state index in [0.717, 1.165) is 12.1 Å². The van der Waals surface area contributed by atoms with E-state index in [9.17, 15) is 0 Å². The Bertz CT molecular complexity index is 273. The first-order valence-corrected chi connectivity index (χ1v) is 6.18. The van der Waals surface area contributed by atoms with Gasteiger partial charge < -0.3 is 5.73 Å². The molecule has 0 fully saturated rings. The molecular weight excluding hydrogens is 218 g/mol. The van der Waals surface area contributed by atoms with Crippen LogP contribution in [0.3, 0.4) is 0 Å². The summed E-state index contributed by atoms with van der Waals surface area (Å²) in [6.45, 7) is 2.25. The zero-order chi connectivity index (χ0) is 10.9. The van der Waals surface area contributed by atoms with E-state index in [4.69, 9.17) is 5.73 Å². The summed E-state index contributed by atoms with van der Waals surface area (Å²) < 4.78 is 0. The number of anilines is 1. The highest BCUT2D eigenvalue weighted by Gasteiger charge is 1.97. The normalized spacial score (nSPS) is 9.81. The van der Waals surface area contributed by atoms with Crippen molar-refractivity contribution in [2.45, 2.75) is 51.9 Å². The lowest BCUT2D eigenvalue weighted by atomic mass is 10.0. The summed E-state index contributed by atoms with van der Waals surface area (Å²) in [6, 6.07) is 8.21. The maximum absolute atomic E-state index is 5.88. The molecule has 0 amide bonds. The van der Waals surface area contributed by atoms with Crippen LogP contribution in [0.2, 0.25) is 0 Å². The van der Waals surface area contributed by atoms with Crippen LogP contribution in [0, 0.1) is 0 Å². The summed E-state index contributed by atoms with van der Waals surface area (Å²) in [7, 11) is 0. The van der Waals surface area contributed by atoms with Crippen LogP contribution < -0.4 is 5.73 Å². The van der Waals surface area contributed by atoms with Crippen molar-refractivity contribution in [3.63, 3.8) is 0 Å². The Hall–Kier alpha value is -0.690. The molecule has 0 aliphatic carbocycles. The molecule has 1 nitrogen and oxygen atoms in total. The van der Waals surface area contributed by atoms with Crippen LogP contribution in [0.15, 0.2) is 24.3 Å². The highest BCUT2D eigenvalue weighted by Crippen LogP contribution is 2.15. The van der Waals surface area contributed by atoms with E-state index in [-0.39, 0.29) is 12.4 Å². The van der Waals surface area contributed by atoms with Gasteiger partial charge in [-0.3, -0.25) is 0 Å². The molecule has 0 bridgehead atoms. The zero-order valence-corrected chi connectivity index (χ0v) is 11.1. The number of hydrogen-bond acceptors (Lipinski definition) is 1. The van der Waals surface area contributed by atoms with E-state index in [1.807, 2.05) is 12.1 Å². The molecular formula is C14H24ClN. The molecule has 0 aliphatic rings. The van der Waals surface area contributed by atoms with Gasteiger partial charge in [-0.05, 0) is 24.5 Å². The lowest BCUT2D eigenvalue weighted by Gasteiger charge is -2.04. The fourth-order valence-corrected chi connectivity index (χ4v) is 1.86. The largest absolute Gasteiger partial charge is 0.399 e. The minimum absolute atomic E-state index is 0. The molecule has 0 heterocycles. The highest BCUT2D eigenvalue weighted by molar-refractivity contribution is 5.85. The van der Waals surface area contributed by atoms with Crippen molar-refractivity contribution in [1.29, 1.82) is 0 Å². The van der Waals surface area contributed by atoms with Crippen molar-refractivity contribution in [3.8, 4) is 0 Å². The lowest BCUT2D eigenvalue weighted by molar-refractivity contribution is 0.608. The molecule has 2 N–H and O–H groups in total. The van der Waals surface area contributed by atoms with Crippen molar-refractivity contribution in [1.82, 2.24) is 0 Å². The molecule has 0 atom stereocenters. The Morgan fingerprint density at radius 2 is 1.56 bits per heavy atom. The van der Waals surface area contributed by atoms with E-state index in [1.54, 1.807) is 0 Å². The maximum Gasteiger partial charge on any atom is 0.0346 e. The number of nitrogen functional groups attached to an aromatic ring is 1. The number of halogens is 1. The average molecular weight is 242 g/mol. The predicted molar refractivity (Wildman–Crippen MR) is 75.2 cm³/mol. The molecule has 0 unspecified atom stereocenters. The Morgan fingerprint density at radius 1 is 0.938 bits per heavy atom. The van der Waals surface area contributed by atoms with Crippen LogP contribution in [0.1, 0.15) is 51.0 Å². The van der Waals surface area contributed by atoms with Crippen LogP contribution in [0.5, 0.6) is 0 Å². The van der Waals surface area contributed by atoms with Gasteiger partial charge in [0.2, 0.25) is 0 Å². The molecule has 2 heteroatoms. The summed E-state index contributed by atoms with van der Waals surface area (Å²) in [5.74, 6) is 0. The minimum atomic E-state index is 0. The van der Waals surface area contributed by atoms with Gasteiger partial charge in [-0.25, -0.2) is 0 Å². The van der Waals surface area contributed by atoms with E-state index < -0.39 is 0 Å². The molecule has 1 rings (SSSR count). The van der Waals surface area contributed by atoms with E-state index >= 15 is 0 Å². The third-order valence-corrected chi connectivity index (χ3v) is 2.85. The number of benzene rings is 1. The third kappa shape index (κ3) is 6.02. The maximum atomic E-state index is 5.88. The van der Waals surface area contributed by atoms with Crippen LogP contribution in [0.25, 0.3) is 0 Å². The van der Waals surface area contributed by atoms with E-state index in [2.05, 4.69) is 19.1 Å². The second-order valence-corrected chi connectivity index (χ2v) is 4.22. The second-order valence-electron chi connectivity index (χ2n) is 4.22. The summed E-state index contributed by atoms with van der Waals surface area (Å²) >= 11 is 0. The van der Waals surface area contributed by atoms with Gasteiger partial charge in [0.1, 0.15) is 0 Å². The summed E-state index contributed by atoms with van der Waals surface area (Å²) in [6.07, 6.45) is 9.23. The van der Waals surface area contributed by atoms with Gasteiger partial charge in [0.05, 0.1) is 0 Å². The first-order valence-electron chi connectivity index (χ1n) is 6.18. The molecule has 92 valence electrons. The van der Waals surface area contributed by atoms with Gasteiger partial charge in [-0.2, -0.15) is 0 Å². The number of hydrogen-bond donors (Lipinski definition) is 1. The Morgan fingerprint density at radius 3 is 2.25 bits per heavy atom. The summed E-state index contributed by atoms with van der Waals surface area (Å²) in [4.78, 5) is 0. The van der Waals surface area contributed by atoms with Gasteiger partial charge >= 0.3 is 0 Å². The van der Waals surface area contributed by atoms with Crippen molar-refractivity contribution >= 4 is 18.1 Å². The smallest absolute Gasteiger partial charge is 0.0346 e. The molecule has 0 aliphatic heterocycles. The fraction of sp³-hybridized carbons (Fsp3) is 0.571. The molecule has 0 radical (unpaired) electrons. The molecule has 16 heavy (non-hydrogen) atoms. The summed E-state index contributed by atoms with van der Waals surface area (Å²) in [5, 5.41) is 0. The number of aryl methyl sites for hydroxylation is 1. The second kappa shape index (κ2) is 9.53. The van der Waals surface area contributed by atoms with Crippen molar-refractivity contribution in [3.05, 3.63) is 29.8 Å². The van der Waals surface area contributed by atoms with E-state index in [1.165, 1.54) is 44.1 Å². The third-order valence-electron chi connectivity index (χ3n) is 2.85. The Labute approximate surface area is 106 Å². The first-order chi connectivity index (χ1) is 7.34. The number of rotatable bonds is 7. The van der Waals surface area contributed by atoms with Gasteiger partial charge in [0.15, 0.2) is 0 Å². The number of nitrogens with two attached hydrogens (primary N) is 1. The van der Waals surface area contributed by atoms with Crippen LogP contribution in [-0.2, 0) is 6.42 Å². The monoisotopic (exact) mass is 241 g/mol. The highest BCUT2D eigenvalue weighted by atomic mass is 35.5. The topological polar surface area (TPSA) is 26.0 Å². The number of para-hydroxylation sites is 1. The van der Waals surface area contributed by atoms with Gasteiger partial charge in [0, 0.05) is 5.69 Å². The molecule has 0 saturated carbocycles. The standard InChI is InChI=1S/C14H23N.ClH/c1-2-3-4-5-6-7-10-13-11-8-9-12-14(13)15;/h8-9,11-12H,2-7,10,15H2,1H3;1H. The minimum Gasteiger partial charge on any atom is -0.399 e. The van der Waals surface area contributed by atoms with Crippen molar-refractivity contribution in [2.24, 2.45) is 0 Å². The quantitative estimate of drug-likeness (QED) is 0.548. The van der Waals surface area contributed by atoms with Gasteiger partial charge in [0.25, 0.3) is 0 Å². The van der Waals surface area contributed by atoms with Crippen molar-refractivity contribution in [2.75, 3.05) is 5.73 Å². The molecule has 0 spiro atoms. The predicted octanol–water partition coefficient (Wildman–Crippen LogP) is 4.59. The van der Waals surface area contributed by atoms with Crippen LogP contribution in [-0.4, -0.2) is 0 Å². The lowest BCUT2D eigenvalue weighted by Crippen LogP contribution is -1.93. The SMILES string of the molecule is CCCCCCCCc1ccccc1N.Cl. The van der Waals surface area contributed by atoms with Crippen molar-refractivity contribution < 1.29 is 0 Å². The zero-order valence-electron chi connectivity index (χ0n) is 10.2. The first kappa shape index (κ1) is 15.3. The van der Waals surface area contributed by atoms with Gasteiger partial charge in [-0.1, -0.05) is 57.2 Å². The molecule has 0 aromatic heterocycles. The van der Waals surface area contributed by atoms with Crippen LogP contribution in [0.4, 0.5) is 5.69 Å². The summed E-state index contributed by atoms with van der Waals surface area (Å²) in [5.41, 5.74) is 8.15. The molecule has 1 aromatic rings. The average Bonchev–Trinajstić information content (AvgIpc) is 2.25. The van der Waals surface area contributed by atoms with E-state index in [0.29, 0.717) is 0 Å². The molecule has 0 saturated heterocycles. The number of unbranched alkanes of at least 4 members (excludes halogenated alkanes) is 5. The van der Waals surface area contributed by atoms with Gasteiger partial charge in [-0.15, -0.1) is 12.4 Å². The molecule has 1 aromatic carbocycles.